The summed E-state index contributed by atoms with van der Waals surface area (Å²) in [6.07, 6.45) is 3.98. The van der Waals surface area contributed by atoms with E-state index in [1.807, 2.05) is 6.08 Å². The maximum atomic E-state index is 15.4. The molecule has 54 heavy (non-hydrogen) atoms. The molecule has 8 rings (SSSR count). The van der Waals surface area contributed by atoms with Crippen molar-refractivity contribution in [3.05, 3.63) is 130 Å². The number of hydrogen-bond acceptors (Lipinski definition) is 8. The van der Waals surface area contributed by atoms with Gasteiger partial charge in [0.2, 0.25) is 11.8 Å². The van der Waals surface area contributed by atoms with E-state index >= 15 is 4.79 Å². The summed E-state index contributed by atoms with van der Waals surface area (Å²) in [6, 6.07) is 23.7. The summed E-state index contributed by atoms with van der Waals surface area (Å²) in [5, 5.41) is 12.7. The average Bonchev–Trinajstić information content (AvgIpc) is 3.56. The number of ether oxygens (including phenoxy) is 2. The molecule has 2 aliphatic carbocycles. The molecule has 2 N–H and O–H groups in total. The molecule has 12 heteroatoms. The highest BCUT2D eigenvalue weighted by Crippen LogP contribution is 2.64. The molecule has 1 saturated carbocycles. The molecular weight excluding hydrogens is 729 g/mol. The lowest BCUT2D eigenvalue weighted by molar-refractivity contribution is -0.138. The van der Waals surface area contributed by atoms with Gasteiger partial charge in [0, 0.05) is 10.9 Å². The number of benzene rings is 4. The van der Waals surface area contributed by atoms with Crippen molar-refractivity contribution in [3.63, 3.8) is 0 Å². The van der Waals surface area contributed by atoms with Crippen LogP contribution >= 0.6 is 23.2 Å². The fourth-order valence-electron chi connectivity index (χ4n) is 9.12. The summed E-state index contributed by atoms with van der Waals surface area (Å²) in [4.78, 5) is 60.2. The number of phenolic OH excluding ortho intramolecular Hbond substituents is 1. The molecule has 2 saturated heterocycles. The van der Waals surface area contributed by atoms with E-state index in [1.165, 1.54) is 25.2 Å². The molecule has 0 aromatic heterocycles. The number of amides is 4. The van der Waals surface area contributed by atoms with E-state index in [1.54, 1.807) is 84.9 Å². The molecular formula is C42H35Cl2N3O7. The molecule has 4 aromatic carbocycles. The van der Waals surface area contributed by atoms with Gasteiger partial charge in [-0.2, -0.15) is 5.01 Å². The van der Waals surface area contributed by atoms with Crippen LogP contribution in [0.3, 0.4) is 0 Å². The molecule has 4 amide bonds. The number of phenols is 1. The van der Waals surface area contributed by atoms with E-state index < -0.39 is 46.8 Å². The van der Waals surface area contributed by atoms with Crippen molar-refractivity contribution in [2.45, 2.75) is 24.2 Å². The van der Waals surface area contributed by atoms with Gasteiger partial charge < -0.3 is 14.6 Å². The summed E-state index contributed by atoms with van der Waals surface area (Å²) in [5.74, 6) is -5.07. The van der Waals surface area contributed by atoms with Crippen LogP contribution in [0, 0.1) is 23.7 Å². The number of nitrogens with one attached hydrogen (secondary N) is 1. The van der Waals surface area contributed by atoms with Gasteiger partial charge in [0.25, 0.3) is 11.8 Å². The van der Waals surface area contributed by atoms with Crippen LogP contribution in [0.5, 0.6) is 17.2 Å². The lowest BCUT2D eigenvalue weighted by Gasteiger charge is -2.50. The number of hydrazine groups is 1. The minimum Gasteiger partial charge on any atom is -0.504 e. The van der Waals surface area contributed by atoms with E-state index in [-0.39, 0.29) is 46.9 Å². The van der Waals surface area contributed by atoms with Crippen LogP contribution < -0.4 is 19.8 Å². The fourth-order valence-corrected chi connectivity index (χ4v) is 9.57. The second kappa shape index (κ2) is 13.4. The van der Waals surface area contributed by atoms with Gasteiger partial charge in [-0.1, -0.05) is 77.8 Å². The number of rotatable bonds is 8. The quantitative estimate of drug-likeness (QED) is 0.139. The molecule has 4 aliphatic rings. The molecule has 2 aliphatic heterocycles. The van der Waals surface area contributed by atoms with E-state index in [0.29, 0.717) is 27.6 Å². The Labute approximate surface area is 321 Å². The Balaban J connectivity index is 1.32. The van der Waals surface area contributed by atoms with Crippen LogP contribution in [0.2, 0.25) is 10.0 Å². The first-order chi connectivity index (χ1) is 26.0. The van der Waals surface area contributed by atoms with Crippen molar-refractivity contribution in [1.29, 1.82) is 0 Å². The minimum absolute atomic E-state index is 0.0943. The molecule has 0 spiro atoms. The highest BCUT2D eigenvalue weighted by Gasteiger charge is 2.70. The highest BCUT2D eigenvalue weighted by atomic mass is 35.5. The highest BCUT2D eigenvalue weighted by molar-refractivity contribution is 6.36. The number of halogens is 2. The summed E-state index contributed by atoms with van der Waals surface area (Å²) in [6.45, 7) is 3.79. The Bertz CT molecular complexity index is 2270. The lowest BCUT2D eigenvalue weighted by Crippen LogP contribution is -2.53. The third-order valence-corrected chi connectivity index (χ3v) is 12.1. The number of allylic oxidation sites excluding steroid dienone is 2. The monoisotopic (exact) mass is 763 g/mol. The van der Waals surface area contributed by atoms with Crippen LogP contribution in [-0.2, 0) is 24.6 Å². The number of carbonyl (C=O) groups excluding carboxylic acids is 4. The summed E-state index contributed by atoms with van der Waals surface area (Å²) in [5.41, 5.74) is 4.81. The van der Waals surface area contributed by atoms with Crippen molar-refractivity contribution in [2.75, 3.05) is 24.5 Å². The molecule has 0 unspecified atom stereocenters. The number of imide groups is 2. The molecule has 4 aromatic rings. The predicted molar refractivity (Wildman–Crippen MR) is 204 cm³/mol. The van der Waals surface area contributed by atoms with Gasteiger partial charge in [-0.25, -0.2) is 0 Å². The second-order valence-corrected chi connectivity index (χ2v) is 14.8. The first kappa shape index (κ1) is 35.4. The molecule has 6 atom stereocenters. The second-order valence-electron chi connectivity index (χ2n) is 14.0. The van der Waals surface area contributed by atoms with E-state index in [4.69, 9.17) is 32.7 Å². The van der Waals surface area contributed by atoms with Crippen molar-refractivity contribution in [2.24, 2.45) is 23.7 Å². The van der Waals surface area contributed by atoms with Crippen LogP contribution in [0.1, 0.15) is 35.4 Å². The molecule has 0 radical (unpaired) electrons. The Kier molecular flexibility index (Phi) is 8.78. The smallest absolute Gasteiger partial charge is 0.260 e. The largest absolute Gasteiger partial charge is 0.504 e. The minimum atomic E-state index is -1.57. The summed E-state index contributed by atoms with van der Waals surface area (Å²) in [7, 11) is 2.98. The van der Waals surface area contributed by atoms with E-state index in [2.05, 4.69) is 12.0 Å². The molecule has 10 nitrogen and oxygen atoms in total. The number of nitrogens with zero attached hydrogens (tertiary/aromatic N) is 2. The third kappa shape index (κ3) is 5.22. The molecule has 2 heterocycles. The van der Waals surface area contributed by atoms with Crippen LogP contribution in [0.15, 0.2) is 103 Å². The molecule has 3 fully saturated rings. The maximum absolute atomic E-state index is 15.4. The van der Waals surface area contributed by atoms with Gasteiger partial charge >= 0.3 is 0 Å². The lowest BCUT2D eigenvalue weighted by atomic mass is 9.49. The predicted octanol–water partition coefficient (Wildman–Crippen LogP) is 7.55. The molecule has 274 valence electrons. The van der Waals surface area contributed by atoms with Gasteiger partial charge in [0.05, 0.1) is 53.8 Å². The zero-order chi connectivity index (χ0) is 38.1. The SMILES string of the molecule is C=Cc1ccc(N2C(=O)[C@H]3[C@H](CC=C4[C@H]3C[C@H]3C(=O)N(Nc5ccc(Cl)cc5Cl)C(=O)[C@@]3(c3ccc(OC)cc3)[C@H]4c3ccc(OC)c(O)c3)C2=O)cc1. The number of hydrogen-bond donors (Lipinski definition) is 2. The van der Waals surface area contributed by atoms with Crippen molar-refractivity contribution >= 4 is 64.3 Å². The molecule has 0 bridgehead atoms. The Morgan fingerprint density at radius 1 is 0.870 bits per heavy atom. The number of anilines is 2. The topological polar surface area (TPSA) is 125 Å². The van der Waals surface area contributed by atoms with Gasteiger partial charge in [-0.3, -0.25) is 29.5 Å². The Morgan fingerprint density at radius 2 is 1.61 bits per heavy atom. The first-order valence-electron chi connectivity index (χ1n) is 17.4. The number of fused-ring (bicyclic) bond motifs is 4. The third-order valence-electron chi connectivity index (χ3n) is 11.5. The first-order valence-corrected chi connectivity index (χ1v) is 18.2. The zero-order valence-corrected chi connectivity index (χ0v) is 30.8. The summed E-state index contributed by atoms with van der Waals surface area (Å²) < 4.78 is 10.8. The van der Waals surface area contributed by atoms with E-state index in [0.717, 1.165) is 16.1 Å². The summed E-state index contributed by atoms with van der Waals surface area (Å²) >= 11 is 12.7. The van der Waals surface area contributed by atoms with Crippen molar-refractivity contribution in [3.8, 4) is 17.2 Å². The van der Waals surface area contributed by atoms with Crippen molar-refractivity contribution in [1.82, 2.24) is 5.01 Å². The standard InChI is InChI=1S/C42H35Cl2N3O7/c1-4-22-5-11-26(12-6-22)46-38(49)29-16-15-28-30(36(29)40(46)51)21-31-39(50)47(45-33-17-10-25(43)20-32(33)44)41(52)42(31,24-8-13-27(53-2)14-9-24)37(28)23-7-18-35(54-3)34(48)19-23/h4-15,17-20,29-31,36-37,45,48H,1,16,21H2,2-3H3/t29-,30+,31-,36-,37-,42+/m0/s1. The van der Waals surface area contributed by atoms with Gasteiger partial charge in [-0.15, -0.1) is 0 Å². The van der Waals surface area contributed by atoms with Crippen LogP contribution in [0.4, 0.5) is 11.4 Å². The van der Waals surface area contributed by atoms with Gasteiger partial charge in [-0.05, 0) is 90.0 Å². The van der Waals surface area contributed by atoms with Gasteiger partial charge in [0.1, 0.15) is 5.75 Å². The maximum Gasteiger partial charge on any atom is 0.260 e. The number of carbonyl (C=O) groups is 4. The van der Waals surface area contributed by atoms with Crippen LogP contribution in [0.25, 0.3) is 6.08 Å². The Morgan fingerprint density at radius 3 is 2.26 bits per heavy atom. The van der Waals surface area contributed by atoms with Crippen molar-refractivity contribution < 1.29 is 33.8 Å². The van der Waals surface area contributed by atoms with E-state index in [9.17, 15) is 19.5 Å². The normalized spacial score (nSPS) is 25.9. The van der Waals surface area contributed by atoms with Crippen LogP contribution in [-0.4, -0.2) is 48.0 Å². The Hall–Kier alpha value is -5.58. The number of aromatic hydroxyl groups is 1. The average molecular weight is 765 g/mol. The number of methoxy groups -OCH3 is 2. The zero-order valence-electron chi connectivity index (χ0n) is 29.3. The fraction of sp³-hybridized carbons (Fsp3) is 0.238. The van der Waals surface area contributed by atoms with Gasteiger partial charge in [0.15, 0.2) is 11.5 Å².